The van der Waals surface area contributed by atoms with Crippen molar-refractivity contribution < 1.29 is 22.7 Å². The van der Waals surface area contributed by atoms with Gasteiger partial charge < -0.3 is 10.1 Å². The number of hydrogen-bond donors (Lipinski definition) is 1. The lowest BCUT2D eigenvalue weighted by Crippen LogP contribution is -2.37. The molecular formula is C18H26N2O5S. The van der Waals surface area contributed by atoms with Gasteiger partial charge in [0.15, 0.2) is 6.10 Å². The summed E-state index contributed by atoms with van der Waals surface area (Å²) in [5.74, 6) is -1.07. The van der Waals surface area contributed by atoms with Crippen LogP contribution < -0.4 is 5.32 Å². The second-order valence-electron chi connectivity index (χ2n) is 6.40. The van der Waals surface area contributed by atoms with Gasteiger partial charge in [0.2, 0.25) is 10.0 Å². The van der Waals surface area contributed by atoms with E-state index in [1.54, 1.807) is 26.8 Å². The summed E-state index contributed by atoms with van der Waals surface area (Å²) in [5, 5.41) is 2.77. The van der Waals surface area contributed by atoms with Crippen LogP contribution in [0.3, 0.4) is 0 Å². The molecule has 1 N–H and O–H groups in total. The highest BCUT2D eigenvalue weighted by atomic mass is 32.2. The molecular weight excluding hydrogens is 356 g/mol. The molecule has 1 aliphatic rings. The van der Waals surface area contributed by atoms with Crippen molar-refractivity contribution in [2.45, 2.75) is 57.6 Å². The fraction of sp³-hybridized carbons (Fsp3) is 0.556. The predicted octanol–water partition coefficient (Wildman–Crippen LogP) is 1.85. The zero-order valence-electron chi connectivity index (χ0n) is 15.6. The van der Waals surface area contributed by atoms with Gasteiger partial charge in [0.05, 0.1) is 10.5 Å². The number of ether oxygens (including phenoxy) is 1. The van der Waals surface area contributed by atoms with Crippen molar-refractivity contribution >= 4 is 21.9 Å². The largest absolute Gasteiger partial charge is 0.449 e. The van der Waals surface area contributed by atoms with Crippen LogP contribution in [-0.2, 0) is 19.6 Å². The van der Waals surface area contributed by atoms with E-state index in [0.717, 1.165) is 12.8 Å². The molecule has 1 fully saturated rings. The van der Waals surface area contributed by atoms with E-state index in [0.29, 0.717) is 18.7 Å². The Bertz CT molecular complexity index is 783. The van der Waals surface area contributed by atoms with E-state index >= 15 is 0 Å². The van der Waals surface area contributed by atoms with Gasteiger partial charge in [-0.15, -0.1) is 0 Å². The minimum atomic E-state index is -3.69. The topological polar surface area (TPSA) is 92.8 Å². The molecule has 1 aromatic carbocycles. The summed E-state index contributed by atoms with van der Waals surface area (Å²) < 4.78 is 32.0. The Kier molecular flexibility index (Phi) is 6.41. The lowest BCUT2D eigenvalue weighted by atomic mass is 10.1. The molecule has 0 spiro atoms. The van der Waals surface area contributed by atoms with Gasteiger partial charge in [0.1, 0.15) is 0 Å². The average molecular weight is 382 g/mol. The van der Waals surface area contributed by atoms with Gasteiger partial charge in [-0.05, 0) is 44.4 Å². The van der Waals surface area contributed by atoms with Gasteiger partial charge in [-0.25, -0.2) is 13.2 Å². The summed E-state index contributed by atoms with van der Waals surface area (Å²) in [6.45, 7) is 7.37. The molecule has 7 nitrogen and oxygen atoms in total. The number of hydrogen-bond acceptors (Lipinski definition) is 5. The number of esters is 1. The van der Waals surface area contributed by atoms with Crippen LogP contribution in [0.1, 0.15) is 49.5 Å². The van der Waals surface area contributed by atoms with Gasteiger partial charge in [-0.3, -0.25) is 4.79 Å². The third kappa shape index (κ3) is 4.62. The Hall–Kier alpha value is -1.93. The first-order valence-electron chi connectivity index (χ1n) is 8.82. The second kappa shape index (κ2) is 8.18. The van der Waals surface area contributed by atoms with Crippen LogP contribution in [0, 0.1) is 6.92 Å². The highest BCUT2D eigenvalue weighted by Crippen LogP contribution is 2.22. The maximum atomic E-state index is 12.8. The molecule has 1 unspecified atom stereocenters. The van der Waals surface area contributed by atoms with Crippen molar-refractivity contribution in [1.82, 2.24) is 9.62 Å². The number of carbonyl (C=O) groups excluding carboxylic acids is 2. The Morgan fingerprint density at radius 1 is 1.27 bits per heavy atom. The molecule has 2 rings (SSSR count). The lowest BCUT2D eigenvalue weighted by molar-refractivity contribution is -0.129. The lowest BCUT2D eigenvalue weighted by Gasteiger charge is -2.20. The number of carbonyl (C=O) groups is 2. The van der Waals surface area contributed by atoms with Crippen molar-refractivity contribution in [2.24, 2.45) is 0 Å². The minimum Gasteiger partial charge on any atom is -0.449 e. The molecule has 8 heteroatoms. The van der Waals surface area contributed by atoms with E-state index in [1.165, 1.54) is 23.4 Å². The van der Waals surface area contributed by atoms with E-state index in [-0.39, 0.29) is 22.4 Å². The van der Waals surface area contributed by atoms with Gasteiger partial charge in [-0.1, -0.05) is 19.9 Å². The third-order valence-electron chi connectivity index (χ3n) is 4.32. The van der Waals surface area contributed by atoms with E-state index in [1.807, 2.05) is 0 Å². The number of amides is 1. The number of sulfonamides is 1. The standard InChI is InChI=1S/C18H26N2O5S/c1-5-20(6-2)26(23,24)16-11-14(8-7-12(16)3)18(22)25-13(4)17(21)19-15-9-10-15/h7-8,11,13,15H,5-6,9-10H2,1-4H3,(H,19,21). The molecule has 26 heavy (non-hydrogen) atoms. The molecule has 1 aliphatic carbocycles. The number of nitrogens with zero attached hydrogens (tertiary/aromatic N) is 1. The van der Waals surface area contributed by atoms with E-state index in [2.05, 4.69) is 5.32 Å². The van der Waals surface area contributed by atoms with E-state index in [9.17, 15) is 18.0 Å². The first-order chi connectivity index (χ1) is 12.2. The van der Waals surface area contributed by atoms with Gasteiger partial charge in [0.25, 0.3) is 5.91 Å². The van der Waals surface area contributed by atoms with E-state index in [4.69, 9.17) is 4.74 Å². The van der Waals surface area contributed by atoms with Gasteiger partial charge in [0, 0.05) is 19.1 Å². The first-order valence-corrected chi connectivity index (χ1v) is 10.3. The molecule has 0 bridgehead atoms. The highest BCUT2D eigenvalue weighted by Gasteiger charge is 2.28. The molecule has 144 valence electrons. The molecule has 0 saturated heterocycles. The normalized spacial score (nSPS) is 15.6. The highest BCUT2D eigenvalue weighted by molar-refractivity contribution is 7.89. The van der Waals surface area contributed by atoms with Crippen molar-refractivity contribution in [1.29, 1.82) is 0 Å². The molecule has 0 aliphatic heterocycles. The number of aryl methyl sites for hydroxylation is 1. The molecule has 1 amide bonds. The molecule has 1 atom stereocenters. The molecule has 1 aromatic rings. The third-order valence-corrected chi connectivity index (χ3v) is 6.52. The SMILES string of the molecule is CCN(CC)S(=O)(=O)c1cc(C(=O)OC(C)C(=O)NC2CC2)ccc1C. The van der Waals surface area contributed by atoms with Crippen LogP contribution in [-0.4, -0.2) is 49.8 Å². The van der Waals surface area contributed by atoms with Crippen LogP contribution in [0.2, 0.25) is 0 Å². The summed E-state index contributed by atoms with van der Waals surface area (Å²) in [7, 11) is -3.69. The van der Waals surface area contributed by atoms with Crippen LogP contribution >= 0.6 is 0 Å². The molecule has 0 aromatic heterocycles. The summed E-state index contributed by atoms with van der Waals surface area (Å²) in [6, 6.07) is 4.57. The Morgan fingerprint density at radius 2 is 1.88 bits per heavy atom. The number of benzene rings is 1. The Labute approximate surface area is 154 Å². The monoisotopic (exact) mass is 382 g/mol. The zero-order chi connectivity index (χ0) is 19.5. The van der Waals surface area contributed by atoms with Gasteiger partial charge >= 0.3 is 5.97 Å². The van der Waals surface area contributed by atoms with Crippen molar-refractivity contribution in [2.75, 3.05) is 13.1 Å². The Morgan fingerprint density at radius 3 is 2.42 bits per heavy atom. The first kappa shape index (κ1) is 20.4. The molecule has 0 radical (unpaired) electrons. The van der Waals surface area contributed by atoms with Crippen LogP contribution in [0.4, 0.5) is 0 Å². The summed E-state index contributed by atoms with van der Waals surface area (Å²) in [6.07, 6.45) is 0.945. The van der Waals surface area contributed by atoms with E-state index < -0.39 is 22.1 Å². The molecule has 0 heterocycles. The van der Waals surface area contributed by atoms with Crippen molar-refractivity contribution in [3.8, 4) is 0 Å². The van der Waals surface area contributed by atoms with Crippen LogP contribution in [0.5, 0.6) is 0 Å². The maximum absolute atomic E-state index is 12.8. The zero-order valence-corrected chi connectivity index (χ0v) is 16.4. The minimum absolute atomic E-state index is 0.0748. The van der Waals surface area contributed by atoms with Crippen molar-refractivity contribution in [3.05, 3.63) is 29.3 Å². The molecule has 1 saturated carbocycles. The maximum Gasteiger partial charge on any atom is 0.338 e. The summed E-state index contributed by atoms with van der Waals surface area (Å²) in [4.78, 5) is 24.3. The second-order valence-corrected chi connectivity index (χ2v) is 8.31. The van der Waals surface area contributed by atoms with Crippen LogP contribution in [0.25, 0.3) is 0 Å². The van der Waals surface area contributed by atoms with Crippen LogP contribution in [0.15, 0.2) is 23.1 Å². The predicted molar refractivity (Wildman–Crippen MR) is 97.3 cm³/mol. The number of rotatable bonds is 8. The number of nitrogens with one attached hydrogen (secondary N) is 1. The van der Waals surface area contributed by atoms with Crippen molar-refractivity contribution in [3.63, 3.8) is 0 Å². The summed E-state index contributed by atoms with van der Waals surface area (Å²) in [5.41, 5.74) is 0.653. The summed E-state index contributed by atoms with van der Waals surface area (Å²) >= 11 is 0. The fourth-order valence-corrected chi connectivity index (χ4v) is 4.24. The fourth-order valence-electron chi connectivity index (χ4n) is 2.54. The van der Waals surface area contributed by atoms with Gasteiger partial charge in [-0.2, -0.15) is 4.31 Å². The Balaban J connectivity index is 2.19. The quantitative estimate of drug-likeness (QED) is 0.693. The smallest absolute Gasteiger partial charge is 0.338 e. The average Bonchev–Trinajstić information content (AvgIpc) is 3.39.